The molecule has 3 aromatic rings. The molecule has 0 spiro atoms. The van der Waals surface area contributed by atoms with Gasteiger partial charge in [-0.05, 0) is 65.3 Å². The van der Waals surface area contributed by atoms with Crippen LogP contribution < -0.4 is 9.47 Å². The summed E-state index contributed by atoms with van der Waals surface area (Å²) in [7, 11) is 8.29. The first-order valence-corrected chi connectivity index (χ1v) is 9.55. The molecule has 0 saturated carbocycles. The van der Waals surface area contributed by atoms with Crippen LogP contribution in [0.2, 0.25) is 0 Å². The summed E-state index contributed by atoms with van der Waals surface area (Å²) < 4.78 is 18.0. The number of benzene rings is 2. The predicted molar refractivity (Wildman–Crippen MR) is 111 cm³/mol. The molecule has 5 nitrogen and oxygen atoms in total. The summed E-state index contributed by atoms with van der Waals surface area (Å²) in [5.41, 5.74) is 1.68. The van der Waals surface area contributed by atoms with Gasteiger partial charge in [0, 0.05) is 24.5 Å². The number of furan rings is 1. The van der Waals surface area contributed by atoms with Crippen molar-refractivity contribution in [1.82, 2.24) is 9.80 Å². The zero-order chi connectivity index (χ0) is 19.2. The molecule has 0 bridgehead atoms. The number of nitrogens with zero attached hydrogens (tertiary/aromatic N) is 2. The fraction of sp³-hybridized carbons (Fsp3) is 0.455. The zero-order valence-corrected chi connectivity index (χ0v) is 16.8. The van der Waals surface area contributed by atoms with Gasteiger partial charge >= 0.3 is 0 Å². The van der Waals surface area contributed by atoms with Gasteiger partial charge in [0.1, 0.15) is 22.7 Å². The summed E-state index contributed by atoms with van der Waals surface area (Å²) >= 11 is 0. The van der Waals surface area contributed by atoms with Crippen LogP contribution in [0.5, 0.6) is 11.5 Å². The third-order valence-corrected chi connectivity index (χ3v) is 4.46. The number of hydrogen-bond donors (Lipinski definition) is 0. The van der Waals surface area contributed by atoms with Crippen molar-refractivity contribution in [2.45, 2.75) is 12.8 Å². The van der Waals surface area contributed by atoms with Crippen LogP contribution in [0.15, 0.2) is 40.8 Å². The van der Waals surface area contributed by atoms with Gasteiger partial charge in [0.25, 0.3) is 0 Å². The Labute approximate surface area is 161 Å². The molecule has 27 heavy (non-hydrogen) atoms. The van der Waals surface area contributed by atoms with E-state index in [-0.39, 0.29) is 0 Å². The predicted octanol–water partition coefficient (Wildman–Crippen LogP) is 4.25. The topological polar surface area (TPSA) is 38.1 Å². The molecule has 1 heterocycles. The van der Waals surface area contributed by atoms with Crippen molar-refractivity contribution in [3.05, 3.63) is 36.4 Å². The van der Waals surface area contributed by atoms with Crippen LogP contribution in [0.25, 0.3) is 21.9 Å². The van der Waals surface area contributed by atoms with E-state index in [4.69, 9.17) is 13.9 Å². The average molecular weight is 370 g/mol. The molecular weight excluding hydrogens is 340 g/mol. The van der Waals surface area contributed by atoms with Crippen molar-refractivity contribution in [2.24, 2.45) is 0 Å². The highest BCUT2D eigenvalue weighted by atomic mass is 16.5. The number of ether oxygens (including phenoxy) is 2. The van der Waals surface area contributed by atoms with Crippen molar-refractivity contribution < 1.29 is 13.9 Å². The number of hydrogen-bond acceptors (Lipinski definition) is 5. The molecule has 0 amide bonds. The van der Waals surface area contributed by atoms with Gasteiger partial charge in [-0.2, -0.15) is 0 Å². The molecular formula is C22H30N2O3. The normalized spacial score (nSPS) is 11.8. The Morgan fingerprint density at radius 3 is 2.22 bits per heavy atom. The van der Waals surface area contributed by atoms with Gasteiger partial charge in [-0.3, -0.25) is 0 Å². The van der Waals surface area contributed by atoms with Gasteiger partial charge < -0.3 is 23.7 Å². The van der Waals surface area contributed by atoms with E-state index in [1.54, 1.807) is 0 Å². The lowest BCUT2D eigenvalue weighted by Gasteiger charge is -2.11. The SMILES string of the molecule is CN(C)CCCOc1ccc2c(c1)oc1cccc(OCCCN(C)C)c12. The van der Waals surface area contributed by atoms with Gasteiger partial charge in [-0.1, -0.05) is 6.07 Å². The van der Waals surface area contributed by atoms with Crippen molar-refractivity contribution in [2.75, 3.05) is 54.5 Å². The molecule has 0 atom stereocenters. The van der Waals surface area contributed by atoms with E-state index in [2.05, 4.69) is 44.1 Å². The van der Waals surface area contributed by atoms with E-state index in [0.29, 0.717) is 13.2 Å². The van der Waals surface area contributed by atoms with E-state index in [1.165, 1.54) is 0 Å². The number of rotatable bonds is 10. The highest BCUT2D eigenvalue weighted by Crippen LogP contribution is 2.37. The molecule has 0 fully saturated rings. The van der Waals surface area contributed by atoms with E-state index in [9.17, 15) is 0 Å². The zero-order valence-electron chi connectivity index (χ0n) is 16.8. The van der Waals surface area contributed by atoms with Crippen LogP contribution in [0.3, 0.4) is 0 Å². The molecule has 0 unspecified atom stereocenters. The molecule has 0 saturated heterocycles. The van der Waals surface area contributed by atoms with Crippen molar-refractivity contribution in [3.8, 4) is 11.5 Å². The second-order valence-electron chi connectivity index (χ2n) is 7.40. The van der Waals surface area contributed by atoms with Crippen molar-refractivity contribution >= 4 is 21.9 Å². The van der Waals surface area contributed by atoms with Gasteiger partial charge in [0.05, 0.1) is 18.6 Å². The fourth-order valence-electron chi connectivity index (χ4n) is 3.12. The van der Waals surface area contributed by atoms with Crippen molar-refractivity contribution in [3.63, 3.8) is 0 Å². The lowest BCUT2D eigenvalue weighted by Crippen LogP contribution is -2.15. The van der Waals surface area contributed by atoms with E-state index >= 15 is 0 Å². The van der Waals surface area contributed by atoms with Gasteiger partial charge in [0.2, 0.25) is 0 Å². The molecule has 3 rings (SSSR count). The highest BCUT2D eigenvalue weighted by molar-refractivity contribution is 6.08. The Kier molecular flexibility index (Phi) is 6.58. The van der Waals surface area contributed by atoms with Crippen LogP contribution >= 0.6 is 0 Å². The third-order valence-electron chi connectivity index (χ3n) is 4.46. The maximum absolute atomic E-state index is 6.05. The largest absolute Gasteiger partial charge is 0.493 e. The average Bonchev–Trinajstić information content (AvgIpc) is 3.00. The molecule has 5 heteroatoms. The maximum atomic E-state index is 6.05. The summed E-state index contributed by atoms with van der Waals surface area (Å²) in [5, 5.41) is 2.10. The highest BCUT2D eigenvalue weighted by Gasteiger charge is 2.13. The molecule has 146 valence electrons. The third kappa shape index (κ3) is 5.15. The van der Waals surface area contributed by atoms with Crippen LogP contribution in [0.1, 0.15) is 12.8 Å². The minimum Gasteiger partial charge on any atom is -0.493 e. The first kappa shape index (κ1) is 19.5. The fourth-order valence-corrected chi connectivity index (χ4v) is 3.12. The first-order chi connectivity index (χ1) is 13.0. The van der Waals surface area contributed by atoms with Gasteiger partial charge in [-0.25, -0.2) is 0 Å². The lowest BCUT2D eigenvalue weighted by molar-refractivity contribution is 0.281. The van der Waals surface area contributed by atoms with Gasteiger partial charge in [-0.15, -0.1) is 0 Å². The van der Waals surface area contributed by atoms with Crippen LogP contribution in [0, 0.1) is 0 Å². The standard InChI is InChI=1S/C22H30N2O3/c1-23(2)12-6-14-25-17-10-11-18-21(16-17)27-20-9-5-8-19(22(18)20)26-15-7-13-24(3)4/h5,8-11,16H,6-7,12-15H2,1-4H3. The maximum Gasteiger partial charge on any atom is 0.139 e. The number of fused-ring (bicyclic) bond motifs is 3. The smallest absolute Gasteiger partial charge is 0.139 e. The molecule has 1 aromatic heterocycles. The van der Waals surface area contributed by atoms with E-state index < -0.39 is 0 Å². The van der Waals surface area contributed by atoms with Gasteiger partial charge in [0.15, 0.2) is 0 Å². The Balaban J connectivity index is 1.74. The molecule has 0 aliphatic heterocycles. The molecule has 0 aliphatic carbocycles. The monoisotopic (exact) mass is 370 g/mol. The lowest BCUT2D eigenvalue weighted by atomic mass is 10.1. The summed E-state index contributed by atoms with van der Waals surface area (Å²) in [6.45, 7) is 3.42. The molecule has 0 radical (unpaired) electrons. The molecule has 2 aromatic carbocycles. The van der Waals surface area contributed by atoms with E-state index in [0.717, 1.165) is 59.4 Å². The molecule has 0 N–H and O–H groups in total. The first-order valence-electron chi connectivity index (χ1n) is 9.55. The quantitative estimate of drug-likeness (QED) is 0.499. The van der Waals surface area contributed by atoms with Crippen LogP contribution in [-0.4, -0.2) is 64.3 Å². The minimum absolute atomic E-state index is 0.692. The summed E-state index contributed by atoms with van der Waals surface area (Å²) in [4.78, 5) is 4.32. The summed E-state index contributed by atoms with van der Waals surface area (Å²) in [6.07, 6.45) is 1.99. The molecule has 0 aliphatic rings. The minimum atomic E-state index is 0.692. The second-order valence-corrected chi connectivity index (χ2v) is 7.40. The summed E-state index contributed by atoms with van der Waals surface area (Å²) in [6, 6.07) is 12.0. The van der Waals surface area contributed by atoms with E-state index in [1.807, 2.05) is 30.3 Å². The Bertz CT molecular complexity index is 870. The Morgan fingerprint density at radius 2 is 1.52 bits per heavy atom. The second kappa shape index (κ2) is 9.11. The summed E-state index contributed by atoms with van der Waals surface area (Å²) in [5.74, 6) is 1.72. The van der Waals surface area contributed by atoms with Crippen molar-refractivity contribution in [1.29, 1.82) is 0 Å². The van der Waals surface area contributed by atoms with Crippen LogP contribution in [-0.2, 0) is 0 Å². The van der Waals surface area contributed by atoms with Crippen LogP contribution in [0.4, 0.5) is 0 Å². The Hall–Kier alpha value is -2.24. The Morgan fingerprint density at radius 1 is 0.815 bits per heavy atom.